The number of carbonyl (C=O) groups is 2. The molecule has 0 unspecified atom stereocenters. The molecule has 1 aliphatic heterocycles. The molecule has 3 N–H and O–H groups in total. The summed E-state index contributed by atoms with van der Waals surface area (Å²) in [5.41, 5.74) is 6.02. The average Bonchev–Trinajstić information content (AvgIpc) is 2.28. The molecule has 1 aromatic rings. The second-order valence-corrected chi connectivity index (χ2v) is 5.10. The number of hydrogen-bond donors (Lipinski definition) is 2. The van der Waals surface area contributed by atoms with E-state index in [1.807, 2.05) is 0 Å². The first-order valence-corrected chi connectivity index (χ1v) is 5.87. The molecule has 0 aromatic heterocycles. The molecule has 0 aliphatic carbocycles. The smallest absolute Gasteiger partial charge is 0.251 e. The fourth-order valence-corrected chi connectivity index (χ4v) is 2.10. The maximum Gasteiger partial charge on any atom is 0.251 e. The van der Waals surface area contributed by atoms with Crippen molar-refractivity contribution in [1.82, 2.24) is 5.32 Å². The van der Waals surface area contributed by atoms with Crippen LogP contribution in [0.25, 0.3) is 0 Å². The number of imide groups is 1. The van der Waals surface area contributed by atoms with Gasteiger partial charge in [-0.3, -0.25) is 14.9 Å². The highest BCUT2D eigenvalue weighted by Crippen LogP contribution is 2.34. The van der Waals surface area contributed by atoms with Crippen molar-refractivity contribution in [2.24, 2.45) is 0 Å². The van der Waals surface area contributed by atoms with Crippen LogP contribution in [0.15, 0.2) is 18.2 Å². The number of nitrogens with zero attached hydrogens (tertiary/aromatic N) is 1. The number of benzene rings is 1. The molecule has 6 heteroatoms. The average molecular weight is 268 g/mol. The third-order valence-corrected chi connectivity index (χ3v) is 3.44. The van der Waals surface area contributed by atoms with E-state index in [1.54, 1.807) is 36.9 Å². The second-order valence-electron chi connectivity index (χ2n) is 4.70. The van der Waals surface area contributed by atoms with Crippen LogP contribution in [0.4, 0.5) is 11.4 Å². The molecule has 2 amide bonds. The van der Waals surface area contributed by atoms with Gasteiger partial charge in [-0.2, -0.15) is 0 Å². The van der Waals surface area contributed by atoms with Crippen LogP contribution in [0, 0.1) is 0 Å². The van der Waals surface area contributed by atoms with Crippen LogP contribution in [-0.4, -0.2) is 23.9 Å². The minimum atomic E-state index is -0.854. The highest BCUT2D eigenvalue weighted by atomic mass is 35.5. The fraction of sp³-hybridized carbons (Fsp3) is 0.333. The summed E-state index contributed by atoms with van der Waals surface area (Å²) < 4.78 is 0. The van der Waals surface area contributed by atoms with Crippen molar-refractivity contribution in [3.05, 3.63) is 23.2 Å². The molecule has 1 aromatic carbocycles. The number of carbonyl (C=O) groups excluding carboxylic acids is 2. The summed E-state index contributed by atoms with van der Waals surface area (Å²) in [6.07, 6.45) is 0. The number of nitrogens with two attached hydrogens (primary N) is 1. The SMILES string of the molecule is CC1(C)C(=O)NC(=O)CN1c1cccc(Cl)c1N. The zero-order chi connectivity index (χ0) is 13.5. The predicted molar refractivity (Wildman–Crippen MR) is 70.4 cm³/mol. The summed E-state index contributed by atoms with van der Waals surface area (Å²) in [6.45, 7) is 3.54. The van der Waals surface area contributed by atoms with Crippen molar-refractivity contribution in [3.63, 3.8) is 0 Å². The van der Waals surface area contributed by atoms with Crippen molar-refractivity contribution in [2.45, 2.75) is 19.4 Å². The van der Waals surface area contributed by atoms with Gasteiger partial charge < -0.3 is 10.6 Å². The highest BCUT2D eigenvalue weighted by molar-refractivity contribution is 6.33. The lowest BCUT2D eigenvalue weighted by molar-refractivity contribution is -0.135. The normalized spacial score (nSPS) is 18.7. The topological polar surface area (TPSA) is 75.4 Å². The Hall–Kier alpha value is -1.75. The molecule has 1 fully saturated rings. The second kappa shape index (κ2) is 4.17. The summed E-state index contributed by atoms with van der Waals surface area (Å²) in [7, 11) is 0. The first-order valence-electron chi connectivity index (χ1n) is 5.50. The standard InChI is InChI=1S/C12H14ClN3O2/c1-12(2)11(18)15-9(17)6-16(12)8-5-3-4-7(13)10(8)14/h3-5H,6,14H2,1-2H3,(H,15,17,18). The molecule has 1 saturated heterocycles. The lowest BCUT2D eigenvalue weighted by Gasteiger charge is -2.42. The third-order valence-electron chi connectivity index (χ3n) is 3.11. The first kappa shape index (κ1) is 12.7. The van der Waals surface area contributed by atoms with Gasteiger partial charge in [-0.25, -0.2) is 0 Å². The minimum Gasteiger partial charge on any atom is -0.396 e. The van der Waals surface area contributed by atoms with Crippen LogP contribution in [0.2, 0.25) is 5.02 Å². The zero-order valence-corrected chi connectivity index (χ0v) is 10.9. The minimum absolute atomic E-state index is 0.0727. The molecule has 96 valence electrons. The van der Waals surface area contributed by atoms with Gasteiger partial charge in [-0.1, -0.05) is 17.7 Å². The van der Waals surface area contributed by atoms with E-state index in [4.69, 9.17) is 17.3 Å². The van der Waals surface area contributed by atoms with Gasteiger partial charge >= 0.3 is 0 Å². The molecular formula is C12H14ClN3O2. The number of amides is 2. The summed E-state index contributed by atoms with van der Waals surface area (Å²) in [4.78, 5) is 25.0. The Kier molecular flexibility index (Phi) is 2.94. The van der Waals surface area contributed by atoms with Crippen LogP contribution >= 0.6 is 11.6 Å². The Morgan fingerprint density at radius 1 is 1.39 bits per heavy atom. The van der Waals surface area contributed by atoms with Crippen LogP contribution in [0.1, 0.15) is 13.8 Å². The van der Waals surface area contributed by atoms with Crippen molar-refractivity contribution in [1.29, 1.82) is 0 Å². The van der Waals surface area contributed by atoms with Crippen LogP contribution < -0.4 is 16.0 Å². The van der Waals surface area contributed by atoms with E-state index >= 15 is 0 Å². The molecule has 0 atom stereocenters. The number of hydrogen-bond acceptors (Lipinski definition) is 4. The van der Waals surface area contributed by atoms with Gasteiger partial charge in [0.1, 0.15) is 5.54 Å². The lowest BCUT2D eigenvalue weighted by atomic mass is 9.97. The van der Waals surface area contributed by atoms with Gasteiger partial charge in [0.25, 0.3) is 5.91 Å². The van der Waals surface area contributed by atoms with E-state index in [9.17, 15) is 9.59 Å². The summed E-state index contributed by atoms with van der Waals surface area (Å²) in [6, 6.07) is 5.15. The quantitative estimate of drug-likeness (QED) is 0.591. The molecule has 18 heavy (non-hydrogen) atoms. The van der Waals surface area contributed by atoms with E-state index in [1.165, 1.54) is 0 Å². The van der Waals surface area contributed by atoms with E-state index in [-0.39, 0.29) is 18.4 Å². The summed E-state index contributed by atoms with van der Waals surface area (Å²) >= 11 is 5.96. The van der Waals surface area contributed by atoms with Crippen molar-refractivity contribution in [2.75, 3.05) is 17.2 Å². The number of nitrogens with one attached hydrogen (secondary N) is 1. The molecule has 0 radical (unpaired) electrons. The molecular weight excluding hydrogens is 254 g/mol. The third kappa shape index (κ3) is 1.90. The monoisotopic (exact) mass is 267 g/mol. The first-order chi connectivity index (χ1) is 8.34. The largest absolute Gasteiger partial charge is 0.396 e. The van der Waals surface area contributed by atoms with Gasteiger partial charge in [-0.15, -0.1) is 0 Å². The van der Waals surface area contributed by atoms with E-state index in [0.717, 1.165) is 0 Å². The van der Waals surface area contributed by atoms with Crippen LogP contribution in [0.5, 0.6) is 0 Å². The number of halogens is 1. The Labute approximate surface area is 110 Å². The molecule has 1 heterocycles. The van der Waals surface area contributed by atoms with Crippen molar-refractivity contribution < 1.29 is 9.59 Å². The maximum atomic E-state index is 11.9. The number of para-hydroxylation sites is 1. The van der Waals surface area contributed by atoms with Gasteiger partial charge in [-0.05, 0) is 26.0 Å². The molecule has 5 nitrogen and oxygen atoms in total. The molecule has 0 spiro atoms. The summed E-state index contributed by atoms with van der Waals surface area (Å²) in [5, 5.41) is 2.71. The molecule has 0 saturated carbocycles. The highest BCUT2D eigenvalue weighted by Gasteiger charge is 2.41. The van der Waals surface area contributed by atoms with E-state index < -0.39 is 5.54 Å². The lowest BCUT2D eigenvalue weighted by Crippen LogP contribution is -2.64. The number of rotatable bonds is 1. The van der Waals surface area contributed by atoms with E-state index in [2.05, 4.69) is 5.32 Å². The van der Waals surface area contributed by atoms with Crippen LogP contribution in [0.3, 0.4) is 0 Å². The fourth-order valence-electron chi connectivity index (χ4n) is 1.93. The van der Waals surface area contributed by atoms with Gasteiger partial charge in [0, 0.05) is 0 Å². The molecule has 2 rings (SSSR count). The Morgan fingerprint density at radius 3 is 2.72 bits per heavy atom. The van der Waals surface area contributed by atoms with Gasteiger partial charge in [0.2, 0.25) is 5.91 Å². The van der Waals surface area contributed by atoms with Gasteiger partial charge in [0.15, 0.2) is 0 Å². The summed E-state index contributed by atoms with van der Waals surface area (Å²) in [5.74, 6) is -0.697. The number of nitrogen functional groups attached to an aromatic ring is 1. The molecule has 0 bridgehead atoms. The molecule has 1 aliphatic rings. The van der Waals surface area contributed by atoms with Crippen molar-refractivity contribution >= 4 is 34.8 Å². The van der Waals surface area contributed by atoms with E-state index in [0.29, 0.717) is 16.4 Å². The zero-order valence-electron chi connectivity index (χ0n) is 10.2. The Bertz CT molecular complexity index is 528. The van der Waals surface area contributed by atoms with Crippen molar-refractivity contribution in [3.8, 4) is 0 Å². The Balaban J connectivity index is 2.51. The number of anilines is 2. The maximum absolute atomic E-state index is 11.9. The predicted octanol–water partition coefficient (Wildman–Crippen LogP) is 1.16. The van der Waals surface area contributed by atoms with Crippen LogP contribution in [-0.2, 0) is 9.59 Å². The number of piperazine rings is 1. The Morgan fingerprint density at radius 2 is 2.06 bits per heavy atom. The van der Waals surface area contributed by atoms with Gasteiger partial charge in [0.05, 0.1) is 22.9 Å².